The Morgan fingerprint density at radius 2 is 2.22 bits per heavy atom. The number of hydrogen-bond donors (Lipinski definition) is 1. The van der Waals surface area contributed by atoms with E-state index in [1.807, 2.05) is 0 Å². The Morgan fingerprint density at radius 1 is 1.50 bits per heavy atom. The number of anilines is 1. The number of halogens is 1. The fourth-order valence-corrected chi connectivity index (χ4v) is 1.92. The number of ether oxygens (including phenoxy) is 1. The Hall–Kier alpha value is -2.30. The summed E-state index contributed by atoms with van der Waals surface area (Å²) in [5.74, 6) is -1.50. The van der Waals surface area contributed by atoms with Crippen molar-refractivity contribution < 1.29 is 19.0 Å². The van der Waals surface area contributed by atoms with Gasteiger partial charge in [-0.2, -0.15) is 0 Å². The van der Waals surface area contributed by atoms with Crippen molar-refractivity contribution in [3.63, 3.8) is 0 Å². The van der Waals surface area contributed by atoms with Crippen LogP contribution in [0.25, 0.3) is 5.57 Å². The van der Waals surface area contributed by atoms with Crippen LogP contribution in [0.4, 0.5) is 10.1 Å². The quantitative estimate of drug-likeness (QED) is 0.816. The zero-order valence-corrected chi connectivity index (χ0v) is 9.98. The minimum absolute atomic E-state index is 0.0671. The first-order valence-corrected chi connectivity index (χ1v) is 5.26. The second-order valence-electron chi connectivity index (χ2n) is 3.89. The van der Waals surface area contributed by atoms with Gasteiger partial charge in [-0.3, -0.25) is 0 Å². The molecule has 0 spiro atoms. The molecule has 0 atom stereocenters. The van der Waals surface area contributed by atoms with Gasteiger partial charge in [0.2, 0.25) is 0 Å². The van der Waals surface area contributed by atoms with E-state index in [4.69, 9.17) is 9.84 Å². The zero-order valence-electron chi connectivity index (χ0n) is 9.98. The minimum Gasteiger partial charge on any atom is -0.504 e. The van der Waals surface area contributed by atoms with Gasteiger partial charge < -0.3 is 14.7 Å². The number of nitrogens with zero attached hydrogens (tertiary/aromatic N) is 1. The van der Waals surface area contributed by atoms with Crippen molar-refractivity contribution in [1.82, 2.24) is 0 Å². The summed E-state index contributed by atoms with van der Waals surface area (Å²) < 4.78 is 18.2. The molecule has 0 aliphatic carbocycles. The second kappa shape index (κ2) is 4.52. The molecule has 0 unspecified atom stereocenters. The van der Waals surface area contributed by atoms with Gasteiger partial charge in [-0.1, -0.05) is 0 Å². The van der Waals surface area contributed by atoms with Crippen molar-refractivity contribution in [2.75, 3.05) is 19.1 Å². The molecule has 1 aliphatic heterocycles. The molecule has 0 aromatic heterocycles. The van der Waals surface area contributed by atoms with Crippen LogP contribution in [-0.4, -0.2) is 25.2 Å². The Labute approximate surface area is 104 Å². The highest BCUT2D eigenvalue weighted by Gasteiger charge is 2.25. The van der Waals surface area contributed by atoms with Gasteiger partial charge in [0, 0.05) is 30.1 Å². The molecule has 94 valence electrons. The van der Waals surface area contributed by atoms with Crippen molar-refractivity contribution in [3.05, 3.63) is 47.6 Å². The fraction of sp³-hybridized carbons (Fsp3) is 0.154. The number of rotatable bonds is 2. The summed E-state index contributed by atoms with van der Waals surface area (Å²) in [5, 5.41) is 9.16. The lowest BCUT2D eigenvalue weighted by Crippen LogP contribution is -2.20. The summed E-state index contributed by atoms with van der Waals surface area (Å²) in [6.07, 6.45) is 2.79. The lowest BCUT2D eigenvalue weighted by molar-refractivity contribution is -0.132. The maximum absolute atomic E-state index is 13.3. The number of aliphatic carboxylic acids is 1. The van der Waals surface area contributed by atoms with Crippen molar-refractivity contribution in [3.8, 4) is 0 Å². The van der Waals surface area contributed by atoms with Crippen LogP contribution in [0.5, 0.6) is 0 Å². The topological polar surface area (TPSA) is 49.8 Å². The number of carboxylic acids is 1. The first-order chi connectivity index (χ1) is 8.54. The van der Waals surface area contributed by atoms with Gasteiger partial charge in [-0.05, 0) is 18.2 Å². The maximum Gasteiger partial charge on any atom is 0.337 e. The smallest absolute Gasteiger partial charge is 0.337 e. The van der Waals surface area contributed by atoms with Gasteiger partial charge in [0.05, 0.1) is 18.9 Å². The molecule has 18 heavy (non-hydrogen) atoms. The molecule has 0 saturated heterocycles. The summed E-state index contributed by atoms with van der Waals surface area (Å²) in [7, 11) is 3.13. The van der Waals surface area contributed by atoms with E-state index in [2.05, 4.69) is 0 Å². The van der Waals surface area contributed by atoms with Crippen LogP contribution >= 0.6 is 0 Å². The van der Waals surface area contributed by atoms with Crippen molar-refractivity contribution in [1.29, 1.82) is 0 Å². The molecule has 1 aliphatic rings. The van der Waals surface area contributed by atoms with Crippen LogP contribution < -0.4 is 4.90 Å². The van der Waals surface area contributed by atoms with Gasteiger partial charge in [-0.25, -0.2) is 9.18 Å². The van der Waals surface area contributed by atoms with Crippen LogP contribution in [0.3, 0.4) is 0 Å². The maximum atomic E-state index is 13.3. The van der Waals surface area contributed by atoms with E-state index in [0.717, 1.165) is 5.69 Å². The number of fused-ring (bicyclic) bond motifs is 1. The largest absolute Gasteiger partial charge is 0.504 e. The van der Waals surface area contributed by atoms with E-state index in [9.17, 15) is 9.18 Å². The number of benzene rings is 1. The average molecular weight is 249 g/mol. The van der Waals surface area contributed by atoms with Crippen LogP contribution in [-0.2, 0) is 9.53 Å². The summed E-state index contributed by atoms with van der Waals surface area (Å²) >= 11 is 0. The third kappa shape index (κ3) is 1.95. The summed E-state index contributed by atoms with van der Waals surface area (Å²) in [4.78, 5) is 12.8. The van der Waals surface area contributed by atoms with Gasteiger partial charge in [-0.15, -0.1) is 0 Å². The molecular weight excluding hydrogens is 237 g/mol. The Kier molecular flexibility index (Phi) is 3.06. The van der Waals surface area contributed by atoms with E-state index in [1.165, 1.54) is 31.7 Å². The summed E-state index contributed by atoms with van der Waals surface area (Å²) in [5.41, 5.74) is 1.65. The second-order valence-corrected chi connectivity index (χ2v) is 3.89. The lowest BCUT2D eigenvalue weighted by Gasteiger charge is -2.26. The first-order valence-electron chi connectivity index (χ1n) is 5.26. The van der Waals surface area contributed by atoms with Gasteiger partial charge in [0.1, 0.15) is 5.82 Å². The molecule has 0 amide bonds. The number of methoxy groups -OCH3 is 1. The molecule has 5 heteroatoms. The highest BCUT2D eigenvalue weighted by Crippen LogP contribution is 2.36. The van der Waals surface area contributed by atoms with E-state index in [-0.39, 0.29) is 5.57 Å². The highest BCUT2D eigenvalue weighted by atomic mass is 19.1. The first kappa shape index (κ1) is 12.2. The van der Waals surface area contributed by atoms with E-state index >= 15 is 0 Å². The van der Waals surface area contributed by atoms with Gasteiger partial charge >= 0.3 is 5.97 Å². The summed E-state index contributed by atoms with van der Waals surface area (Å²) in [6.45, 7) is 0. The van der Waals surface area contributed by atoms with Gasteiger partial charge in [0.25, 0.3) is 0 Å². The highest BCUT2D eigenvalue weighted by molar-refractivity contribution is 6.08. The monoisotopic (exact) mass is 249 g/mol. The average Bonchev–Trinajstić information content (AvgIpc) is 2.32. The number of carboxylic acid groups (broad SMARTS) is 1. The normalized spacial score (nSPS) is 16.3. The van der Waals surface area contributed by atoms with Crippen LogP contribution in [0.2, 0.25) is 0 Å². The van der Waals surface area contributed by atoms with Crippen molar-refractivity contribution in [2.24, 2.45) is 0 Å². The van der Waals surface area contributed by atoms with Crippen LogP contribution in [0.15, 0.2) is 36.2 Å². The lowest BCUT2D eigenvalue weighted by atomic mass is 9.94. The van der Waals surface area contributed by atoms with Crippen molar-refractivity contribution in [2.45, 2.75) is 0 Å². The molecule has 4 nitrogen and oxygen atoms in total. The number of carbonyl (C=O) groups is 1. The summed E-state index contributed by atoms with van der Waals surface area (Å²) in [6, 6.07) is 4.23. The van der Waals surface area contributed by atoms with Crippen LogP contribution in [0.1, 0.15) is 5.56 Å². The predicted octanol–water partition coefficient (Wildman–Crippen LogP) is 2.23. The Balaban J connectivity index is 2.66. The third-order valence-electron chi connectivity index (χ3n) is 2.71. The molecule has 1 aromatic rings. The molecular formula is C13H12FNO3. The SMILES string of the molecule is CO/C=C1\C(C(=O)O)=CN(C)c2ccc(F)cc21. The molecule has 0 saturated carbocycles. The molecule has 0 fully saturated rings. The number of hydrogen-bond acceptors (Lipinski definition) is 3. The predicted molar refractivity (Wildman–Crippen MR) is 65.5 cm³/mol. The third-order valence-corrected chi connectivity index (χ3v) is 2.71. The molecule has 1 aromatic carbocycles. The van der Waals surface area contributed by atoms with Crippen LogP contribution in [0, 0.1) is 5.82 Å². The molecule has 1 N–H and O–H groups in total. The Morgan fingerprint density at radius 3 is 2.83 bits per heavy atom. The minimum atomic E-state index is -1.08. The molecule has 2 rings (SSSR count). The zero-order chi connectivity index (χ0) is 13.3. The Bertz CT molecular complexity index is 563. The van der Waals surface area contributed by atoms with E-state index in [1.54, 1.807) is 18.0 Å². The van der Waals surface area contributed by atoms with Gasteiger partial charge in [0.15, 0.2) is 0 Å². The standard InChI is InChI=1S/C13H12FNO3/c1-15-6-10(13(16)17)11(7-18-2)9-5-8(14)3-4-12(9)15/h3-7H,1-2H3,(H,16,17)/b11-7-. The van der Waals surface area contributed by atoms with E-state index in [0.29, 0.717) is 11.1 Å². The van der Waals surface area contributed by atoms with Crippen molar-refractivity contribution >= 4 is 17.2 Å². The molecule has 0 bridgehead atoms. The van der Waals surface area contributed by atoms with E-state index < -0.39 is 11.8 Å². The molecule has 0 radical (unpaired) electrons. The fourth-order valence-electron chi connectivity index (χ4n) is 1.92. The molecule has 1 heterocycles.